The zero-order valence-corrected chi connectivity index (χ0v) is 14.8. The van der Waals surface area contributed by atoms with Gasteiger partial charge in [-0.05, 0) is 43.2 Å². The number of ether oxygens (including phenoxy) is 2. The van der Waals surface area contributed by atoms with Crippen LogP contribution in [0.3, 0.4) is 0 Å². The Bertz CT molecular complexity index is 697. The van der Waals surface area contributed by atoms with E-state index in [4.69, 9.17) is 9.47 Å². The van der Waals surface area contributed by atoms with Crippen molar-refractivity contribution in [1.82, 2.24) is 4.90 Å². The number of rotatable bonds is 7. The molecule has 2 aromatic carbocycles. The van der Waals surface area contributed by atoms with Crippen LogP contribution in [0.25, 0.3) is 0 Å². The second kappa shape index (κ2) is 8.39. The molecule has 0 atom stereocenters. The normalized spacial score (nSPS) is 10.3. The lowest BCUT2D eigenvalue weighted by molar-refractivity contribution is -0.130. The van der Waals surface area contributed by atoms with Crippen LogP contribution < -0.4 is 9.47 Å². The van der Waals surface area contributed by atoms with E-state index in [1.165, 1.54) is 11.1 Å². The minimum atomic E-state index is 0.0762. The Balaban J connectivity index is 2.16. The molecule has 0 fully saturated rings. The number of hydrogen-bond acceptors (Lipinski definition) is 3. The van der Waals surface area contributed by atoms with Crippen LogP contribution in [0.1, 0.15) is 23.6 Å². The van der Waals surface area contributed by atoms with Gasteiger partial charge in [0.1, 0.15) is 11.5 Å². The van der Waals surface area contributed by atoms with Crippen LogP contribution >= 0.6 is 0 Å². The average molecular weight is 327 g/mol. The van der Waals surface area contributed by atoms with E-state index in [-0.39, 0.29) is 5.91 Å². The molecule has 4 nitrogen and oxygen atoms in total. The highest BCUT2D eigenvalue weighted by Gasteiger charge is 2.16. The van der Waals surface area contributed by atoms with E-state index in [0.717, 1.165) is 11.3 Å². The fourth-order valence-corrected chi connectivity index (χ4v) is 2.66. The Morgan fingerprint density at radius 2 is 1.79 bits per heavy atom. The molecule has 0 N–H and O–H groups in total. The van der Waals surface area contributed by atoms with Crippen molar-refractivity contribution in [3.63, 3.8) is 0 Å². The maximum Gasteiger partial charge on any atom is 0.227 e. The largest absolute Gasteiger partial charge is 0.497 e. The fourth-order valence-electron chi connectivity index (χ4n) is 2.66. The number of likely N-dealkylation sites (N-methyl/N-ethyl adjacent to an activating group) is 1. The van der Waals surface area contributed by atoms with E-state index < -0.39 is 0 Å². The van der Waals surface area contributed by atoms with E-state index in [9.17, 15) is 4.79 Å². The molecule has 128 valence electrons. The Kier molecular flexibility index (Phi) is 6.24. The van der Waals surface area contributed by atoms with Gasteiger partial charge in [-0.3, -0.25) is 4.79 Å². The van der Waals surface area contributed by atoms with Gasteiger partial charge in [0.25, 0.3) is 0 Å². The minimum Gasteiger partial charge on any atom is -0.497 e. The third kappa shape index (κ3) is 4.28. The molecule has 0 saturated carbocycles. The first-order valence-electron chi connectivity index (χ1n) is 8.12. The zero-order chi connectivity index (χ0) is 17.5. The van der Waals surface area contributed by atoms with Gasteiger partial charge in [-0.25, -0.2) is 0 Å². The number of carbonyl (C=O) groups is 1. The van der Waals surface area contributed by atoms with Crippen LogP contribution in [-0.2, 0) is 17.8 Å². The zero-order valence-electron chi connectivity index (χ0n) is 14.8. The molecule has 0 unspecified atom stereocenters. The molecule has 1 amide bonds. The summed E-state index contributed by atoms with van der Waals surface area (Å²) in [6, 6.07) is 13.7. The van der Waals surface area contributed by atoms with E-state index >= 15 is 0 Å². The molecule has 0 radical (unpaired) electrons. The number of nitrogens with zero attached hydrogens (tertiary/aromatic N) is 1. The third-order valence-electron chi connectivity index (χ3n) is 4.19. The quantitative estimate of drug-likeness (QED) is 0.780. The molecule has 0 heterocycles. The topological polar surface area (TPSA) is 38.8 Å². The monoisotopic (exact) mass is 327 g/mol. The van der Waals surface area contributed by atoms with Gasteiger partial charge in [-0.2, -0.15) is 0 Å². The molecule has 0 aromatic heterocycles. The van der Waals surface area contributed by atoms with Crippen LogP contribution in [0.4, 0.5) is 0 Å². The van der Waals surface area contributed by atoms with Crippen molar-refractivity contribution in [2.24, 2.45) is 0 Å². The standard InChI is InChI=1S/C20H25NO3/c1-5-21(14-16-9-7-6-8-15(16)2)20(22)13-17-12-18(23-3)10-11-19(17)24-4/h6-12H,5,13-14H2,1-4H3. The maximum atomic E-state index is 12.8. The first kappa shape index (κ1) is 17.9. The van der Waals surface area contributed by atoms with Crippen molar-refractivity contribution in [2.75, 3.05) is 20.8 Å². The summed E-state index contributed by atoms with van der Waals surface area (Å²) in [6.07, 6.45) is 0.292. The van der Waals surface area contributed by atoms with Gasteiger partial charge in [0.2, 0.25) is 5.91 Å². The SMILES string of the molecule is CCN(Cc1ccccc1C)C(=O)Cc1cc(OC)ccc1OC. The van der Waals surface area contributed by atoms with Gasteiger partial charge in [-0.15, -0.1) is 0 Å². The lowest BCUT2D eigenvalue weighted by Gasteiger charge is -2.22. The van der Waals surface area contributed by atoms with E-state index in [0.29, 0.717) is 25.3 Å². The Morgan fingerprint density at radius 3 is 2.42 bits per heavy atom. The van der Waals surface area contributed by atoms with E-state index in [2.05, 4.69) is 19.1 Å². The summed E-state index contributed by atoms with van der Waals surface area (Å²) in [5, 5.41) is 0. The van der Waals surface area contributed by atoms with Crippen LogP contribution in [0.5, 0.6) is 11.5 Å². The summed E-state index contributed by atoms with van der Waals surface area (Å²) >= 11 is 0. The molecule has 0 bridgehead atoms. The van der Waals surface area contributed by atoms with Crippen molar-refractivity contribution >= 4 is 5.91 Å². The molecule has 0 saturated heterocycles. The highest BCUT2D eigenvalue weighted by Crippen LogP contribution is 2.25. The van der Waals surface area contributed by atoms with Crippen molar-refractivity contribution in [2.45, 2.75) is 26.8 Å². The highest BCUT2D eigenvalue weighted by atomic mass is 16.5. The van der Waals surface area contributed by atoms with Crippen molar-refractivity contribution in [1.29, 1.82) is 0 Å². The fraction of sp³-hybridized carbons (Fsp3) is 0.350. The Labute approximate surface area is 144 Å². The smallest absolute Gasteiger partial charge is 0.227 e. The second-order valence-electron chi connectivity index (χ2n) is 5.69. The van der Waals surface area contributed by atoms with Crippen molar-refractivity contribution < 1.29 is 14.3 Å². The molecule has 2 rings (SSSR count). The highest BCUT2D eigenvalue weighted by molar-refractivity contribution is 5.79. The first-order chi connectivity index (χ1) is 11.6. The second-order valence-corrected chi connectivity index (χ2v) is 5.69. The van der Waals surface area contributed by atoms with Gasteiger partial charge in [0, 0.05) is 18.7 Å². The predicted molar refractivity (Wildman–Crippen MR) is 95.5 cm³/mol. The van der Waals surface area contributed by atoms with Crippen LogP contribution in [0.15, 0.2) is 42.5 Å². The van der Waals surface area contributed by atoms with Crippen LogP contribution in [-0.4, -0.2) is 31.6 Å². The number of amides is 1. The van der Waals surface area contributed by atoms with E-state index in [1.807, 2.05) is 42.2 Å². The number of carbonyl (C=O) groups excluding carboxylic acids is 1. The lowest BCUT2D eigenvalue weighted by atomic mass is 10.1. The van der Waals surface area contributed by atoms with Gasteiger partial charge >= 0.3 is 0 Å². The first-order valence-corrected chi connectivity index (χ1v) is 8.12. The summed E-state index contributed by atoms with van der Waals surface area (Å²) in [6.45, 7) is 5.35. The lowest BCUT2D eigenvalue weighted by Crippen LogP contribution is -2.32. The molecule has 0 aliphatic rings. The van der Waals surface area contributed by atoms with Gasteiger partial charge < -0.3 is 14.4 Å². The molecule has 0 aliphatic carbocycles. The predicted octanol–water partition coefficient (Wildman–Crippen LogP) is 3.60. The number of benzene rings is 2. The summed E-state index contributed by atoms with van der Waals surface area (Å²) < 4.78 is 10.6. The molecule has 0 spiro atoms. The summed E-state index contributed by atoms with van der Waals surface area (Å²) in [5.74, 6) is 1.50. The maximum absolute atomic E-state index is 12.8. The van der Waals surface area contributed by atoms with Crippen LogP contribution in [0, 0.1) is 6.92 Å². The average Bonchev–Trinajstić information content (AvgIpc) is 2.60. The van der Waals surface area contributed by atoms with Gasteiger partial charge in [0.15, 0.2) is 0 Å². The summed E-state index contributed by atoms with van der Waals surface area (Å²) in [5.41, 5.74) is 3.21. The van der Waals surface area contributed by atoms with Crippen LogP contribution in [0.2, 0.25) is 0 Å². The number of methoxy groups -OCH3 is 2. The third-order valence-corrected chi connectivity index (χ3v) is 4.19. The van der Waals surface area contributed by atoms with E-state index in [1.54, 1.807) is 14.2 Å². The number of aryl methyl sites for hydroxylation is 1. The van der Waals surface area contributed by atoms with Gasteiger partial charge in [0.05, 0.1) is 20.6 Å². The summed E-state index contributed by atoms with van der Waals surface area (Å²) in [7, 11) is 3.23. The molecule has 24 heavy (non-hydrogen) atoms. The van der Waals surface area contributed by atoms with Crippen molar-refractivity contribution in [3.8, 4) is 11.5 Å². The molecular formula is C20H25NO3. The molecule has 4 heteroatoms. The minimum absolute atomic E-state index is 0.0762. The Morgan fingerprint density at radius 1 is 1.04 bits per heavy atom. The Hall–Kier alpha value is -2.49. The molecule has 0 aliphatic heterocycles. The van der Waals surface area contributed by atoms with Gasteiger partial charge in [-0.1, -0.05) is 24.3 Å². The molecule has 2 aromatic rings. The van der Waals surface area contributed by atoms with Crippen molar-refractivity contribution in [3.05, 3.63) is 59.2 Å². The number of hydrogen-bond donors (Lipinski definition) is 0. The molecular weight excluding hydrogens is 302 g/mol. The summed E-state index contributed by atoms with van der Waals surface area (Å²) in [4.78, 5) is 14.6.